The van der Waals surface area contributed by atoms with E-state index < -0.39 is 118 Å². The van der Waals surface area contributed by atoms with Crippen LogP contribution in [-0.4, -0.2) is 90.8 Å². The second kappa shape index (κ2) is 23.0. The normalized spacial score (nSPS) is 16.2. The highest BCUT2D eigenvalue weighted by atomic mass is 32.2. The van der Waals surface area contributed by atoms with E-state index in [2.05, 4.69) is 42.8 Å². The average molecular weight is 1340 g/mol. The van der Waals surface area contributed by atoms with Crippen LogP contribution in [0.25, 0.3) is 43.4 Å². The zero-order valence-electron chi connectivity index (χ0n) is 45.1. The fourth-order valence-electron chi connectivity index (χ4n) is 9.39. The number of nitriles is 2. The van der Waals surface area contributed by atoms with Gasteiger partial charge in [0.1, 0.15) is 43.9 Å². The molecule has 0 bridgehead atoms. The summed E-state index contributed by atoms with van der Waals surface area (Å²) in [5, 5.41) is 47.3. The van der Waals surface area contributed by atoms with Crippen molar-refractivity contribution >= 4 is 143 Å². The topological polar surface area (TPSA) is 451 Å². The molecular weight excluding hydrogens is 1300 g/mol. The molecule has 2 atom stereocenters. The van der Waals surface area contributed by atoms with Gasteiger partial charge in [0.05, 0.1) is 36.5 Å². The molecule has 8 aromatic carbocycles. The summed E-state index contributed by atoms with van der Waals surface area (Å²) in [5.74, 6) is -0.0162. The molecule has 0 saturated carbocycles. The second-order valence-corrected chi connectivity index (χ2v) is 29.4. The van der Waals surface area contributed by atoms with Gasteiger partial charge in [0.15, 0.2) is 11.2 Å². The highest BCUT2D eigenvalue weighted by molar-refractivity contribution is 7.92. The Labute approximate surface area is 510 Å². The van der Waals surface area contributed by atoms with Crippen molar-refractivity contribution in [1.29, 1.82) is 10.5 Å². The Kier molecular flexibility index (Phi) is 16.2. The number of rotatable bonds is 16. The first kappa shape index (κ1) is 62.8. The van der Waals surface area contributed by atoms with E-state index >= 15 is 0 Å². The number of aliphatic imine (C=N–C) groups is 1. The molecule has 27 nitrogen and oxygen atoms in total. The van der Waals surface area contributed by atoms with Crippen molar-refractivity contribution < 1.29 is 73.3 Å². The number of nitrogens with one attached hydrogen (secondary N) is 3. The Bertz CT molecular complexity index is 5460. The Balaban J connectivity index is 1.01. The Hall–Kier alpha value is -9.27. The van der Waals surface area contributed by atoms with E-state index in [1.807, 2.05) is 36.4 Å². The third kappa shape index (κ3) is 13.0. The summed E-state index contributed by atoms with van der Waals surface area (Å²) >= 11 is 0.923. The van der Waals surface area contributed by atoms with Gasteiger partial charge < -0.3 is 10.6 Å². The molecule has 1 aliphatic rings. The SMILES string of the molecule is CC1=C(C#N)C(Nc2ccc(S(=O)(=O)O)cc2)=NC(Nc2ccc(S(=O)(=O)O)cc2)C1(C)N=Nc1sc(N=Nc2ccc3cc(S(=O)(=O)Nc4cc(S(=O)(=O)O)c5cc(S(=O)(=O)O)cc(S(=O)(=O)O)c5c4)ccc3c2)c(-c2ccc3ccccc3c2)c1C#N. The van der Waals surface area contributed by atoms with Crippen LogP contribution < -0.4 is 15.4 Å². The van der Waals surface area contributed by atoms with Gasteiger partial charge in [-0.2, -0.15) is 57.7 Å². The van der Waals surface area contributed by atoms with Crippen molar-refractivity contribution in [3.63, 3.8) is 0 Å². The fraction of sp³-hybridized carbons (Fsp3) is 0.0727. The van der Waals surface area contributed by atoms with Crippen molar-refractivity contribution in [3.05, 3.63) is 168 Å². The van der Waals surface area contributed by atoms with Crippen molar-refractivity contribution in [2.24, 2.45) is 25.4 Å². The molecule has 0 aliphatic carbocycles. The standard InChI is InChI=1S/C55H40N10O17S7/c1-30-46(28-56)51(58-36-12-17-40(18-13-36)85(68,69)70)60-54(59-37-14-19-41(20-15-37)86(71,72)73)55(30,2)65-63-52-47(29-57)50(35-8-7-31-5-3-4-6-32(31)21-35)53(83-52)62-61-38-11-9-34-23-42(16-10-33(34)22-38)84(66,67)64-39-24-44-45(48(25-39)88(77,78)79)26-43(87(74,75)76)27-49(44)89(80,81)82/h3-27,54,59,64H,1-2H3,(H,58,60)(H,68,69,70)(H,71,72,73)(H,74,75,76)(H,77,78,79)(H,80,81,82). The van der Waals surface area contributed by atoms with Gasteiger partial charge in [-0.15, -0.1) is 15.3 Å². The number of dihydropyridines is 1. The quantitative estimate of drug-likeness (QED) is 0.0329. The summed E-state index contributed by atoms with van der Waals surface area (Å²) in [4.78, 5) is -0.0546. The van der Waals surface area contributed by atoms with Gasteiger partial charge in [-0.25, -0.2) is 13.4 Å². The lowest BCUT2D eigenvalue weighted by Crippen LogP contribution is -2.47. The first-order valence-corrected chi connectivity index (χ1v) is 34.5. The third-order valence-corrected chi connectivity index (χ3v) is 20.6. The number of azo groups is 2. The maximum absolute atomic E-state index is 13.9. The number of hydrogen-bond acceptors (Lipinski definition) is 22. The zero-order valence-corrected chi connectivity index (χ0v) is 50.8. The maximum atomic E-state index is 13.9. The highest BCUT2D eigenvalue weighted by Gasteiger charge is 2.43. The van der Waals surface area contributed by atoms with Crippen molar-refractivity contribution in [1.82, 2.24) is 0 Å². The van der Waals surface area contributed by atoms with E-state index in [0.29, 0.717) is 40.1 Å². The van der Waals surface area contributed by atoms with Crippen LogP contribution in [0.5, 0.6) is 0 Å². The van der Waals surface area contributed by atoms with Gasteiger partial charge in [-0.05, 0) is 150 Å². The smallest absolute Gasteiger partial charge is 0.295 e. The predicted octanol–water partition coefficient (Wildman–Crippen LogP) is 10.8. The number of amidine groups is 1. The number of fused-ring (bicyclic) bond motifs is 3. The van der Waals surface area contributed by atoms with Crippen LogP contribution in [0.2, 0.25) is 0 Å². The highest BCUT2D eigenvalue weighted by Crippen LogP contribution is 2.49. The number of benzene rings is 8. The van der Waals surface area contributed by atoms with Gasteiger partial charge in [0, 0.05) is 27.7 Å². The van der Waals surface area contributed by atoms with Gasteiger partial charge in [0.2, 0.25) is 0 Å². The minimum atomic E-state index is -5.41. The number of hydrogen-bond donors (Lipinski definition) is 8. The van der Waals surface area contributed by atoms with Crippen molar-refractivity contribution in [3.8, 4) is 23.3 Å². The molecular formula is C55H40N10O17S7. The van der Waals surface area contributed by atoms with E-state index in [9.17, 15) is 83.8 Å². The minimum Gasteiger partial charge on any atom is -0.361 e. The van der Waals surface area contributed by atoms with Gasteiger partial charge in [0.25, 0.3) is 60.6 Å². The van der Waals surface area contributed by atoms with Gasteiger partial charge >= 0.3 is 0 Å². The summed E-state index contributed by atoms with van der Waals surface area (Å²) in [6.45, 7) is 3.18. The molecule has 0 fully saturated rings. The summed E-state index contributed by atoms with van der Waals surface area (Å²) in [6, 6.07) is 37.5. The molecule has 0 radical (unpaired) electrons. The van der Waals surface area contributed by atoms with E-state index in [1.54, 1.807) is 26.0 Å². The molecule has 2 unspecified atom stereocenters. The van der Waals surface area contributed by atoms with Gasteiger partial charge in [-0.1, -0.05) is 59.9 Å². The predicted molar refractivity (Wildman–Crippen MR) is 327 cm³/mol. The first-order valence-electron chi connectivity index (χ1n) is 25.0. The van der Waals surface area contributed by atoms with Crippen LogP contribution in [0.3, 0.4) is 0 Å². The van der Waals surface area contributed by atoms with E-state index in [-0.39, 0.29) is 49.6 Å². The van der Waals surface area contributed by atoms with Crippen LogP contribution in [0, 0.1) is 22.7 Å². The lowest BCUT2D eigenvalue weighted by atomic mass is 9.84. The molecule has 0 amide bonds. The van der Waals surface area contributed by atoms with Crippen molar-refractivity contribution in [2.75, 3.05) is 15.4 Å². The summed E-state index contributed by atoms with van der Waals surface area (Å²) in [5.41, 5.74) is -0.417. The molecule has 0 saturated heterocycles. The van der Waals surface area contributed by atoms with E-state index in [1.165, 1.54) is 48.5 Å². The van der Waals surface area contributed by atoms with Gasteiger partial charge in [-0.3, -0.25) is 27.5 Å². The Morgan fingerprint density at radius 1 is 0.528 bits per heavy atom. The molecule has 454 valence electrons. The molecule has 1 aromatic heterocycles. The molecule has 10 rings (SSSR count). The maximum Gasteiger partial charge on any atom is 0.295 e. The second-order valence-electron chi connectivity index (χ2n) is 19.7. The molecule has 1 aliphatic heterocycles. The minimum absolute atomic E-state index is 0.0120. The number of nitrogens with zero attached hydrogens (tertiary/aromatic N) is 7. The summed E-state index contributed by atoms with van der Waals surface area (Å²) in [7, 11) is -29.9. The summed E-state index contributed by atoms with van der Waals surface area (Å²) in [6.07, 6.45) is -1.19. The molecule has 34 heteroatoms. The Morgan fingerprint density at radius 3 is 1.69 bits per heavy atom. The zero-order chi connectivity index (χ0) is 64.4. The van der Waals surface area contributed by atoms with E-state index in [0.717, 1.165) is 58.5 Å². The van der Waals surface area contributed by atoms with Crippen LogP contribution >= 0.6 is 11.3 Å². The van der Waals surface area contributed by atoms with Crippen LogP contribution in [0.15, 0.2) is 218 Å². The molecule has 89 heavy (non-hydrogen) atoms. The first-order chi connectivity index (χ1) is 41.6. The average Bonchev–Trinajstić information content (AvgIpc) is 0.892. The Morgan fingerprint density at radius 2 is 1.08 bits per heavy atom. The third-order valence-electron chi connectivity index (χ3n) is 13.9. The molecule has 8 N–H and O–H groups in total. The molecule has 2 heterocycles. The van der Waals surface area contributed by atoms with Crippen LogP contribution in [-0.2, 0) is 60.6 Å². The van der Waals surface area contributed by atoms with Crippen LogP contribution in [0.1, 0.15) is 19.4 Å². The summed E-state index contributed by atoms with van der Waals surface area (Å²) < 4.78 is 200. The lowest BCUT2D eigenvalue weighted by molar-refractivity contribution is 0.446. The molecule has 0 spiro atoms. The monoisotopic (exact) mass is 1340 g/mol. The molecule has 9 aromatic rings. The largest absolute Gasteiger partial charge is 0.361 e. The fourth-order valence-corrected chi connectivity index (χ4v) is 14.4. The number of thiophene rings is 1. The van der Waals surface area contributed by atoms with Crippen LogP contribution in [0.4, 0.5) is 32.8 Å². The van der Waals surface area contributed by atoms with E-state index in [4.69, 9.17) is 10.1 Å². The number of sulfonamides is 1. The number of anilines is 3. The van der Waals surface area contributed by atoms with Crippen molar-refractivity contribution in [2.45, 2.75) is 54.9 Å². The lowest BCUT2D eigenvalue weighted by Gasteiger charge is -2.37.